The van der Waals surface area contributed by atoms with Gasteiger partial charge in [0.1, 0.15) is 5.82 Å². The second-order valence-corrected chi connectivity index (χ2v) is 4.99. The Kier molecular flexibility index (Phi) is 4.93. The lowest BCUT2D eigenvalue weighted by molar-refractivity contribution is 0.947. The molecule has 0 saturated heterocycles. The highest BCUT2D eigenvalue weighted by Crippen LogP contribution is 2.14. The van der Waals surface area contributed by atoms with Gasteiger partial charge in [0.15, 0.2) is 0 Å². The van der Waals surface area contributed by atoms with Crippen LogP contribution in [0.2, 0.25) is 0 Å². The molecule has 0 bridgehead atoms. The molecule has 0 aliphatic carbocycles. The molecular formula is C16H22N4. The molecule has 2 aromatic rings. The van der Waals surface area contributed by atoms with Crippen LogP contribution in [0.1, 0.15) is 30.0 Å². The van der Waals surface area contributed by atoms with Gasteiger partial charge in [-0.1, -0.05) is 36.8 Å². The Labute approximate surface area is 120 Å². The minimum atomic E-state index is 0.684. The van der Waals surface area contributed by atoms with Crippen molar-refractivity contribution in [3.8, 4) is 0 Å². The van der Waals surface area contributed by atoms with E-state index < -0.39 is 0 Å². The fourth-order valence-corrected chi connectivity index (χ4v) is 1.83. The van der Waals surface area contributed by atoms with Crippen LogP contribution in [-0.4, -0.2) is 16.5 Å². The number of aromatic nitrogens is 2. The molecule has 4 nitrogen and oxygen atoms in total. The smallest absolute Gasteiger partial charge is 0.224 e. The van der Waals surface area contributed by atoms with Crippen LogP contribution < -0.4 is 10.6 Å². The first-order valence-corrected chi connectivity index (χ1v) is 7.06. The van der Waals surface area contributed by atoms with E-state index >= 15 is 0 Å². The van der Waals surface area contributed by atoms with Crippen molar-refractivity contribution >= 4 is 11.8 Å². The zero-order valence-corrected chi connectivity index (χ0v) is 12.4. The van der Waals surface area contributed by atoms with Gasteiger partial charge >= 0.3 is 0 Å². The van der Waals surface area contributed by atoms with Crippen molar-refractivity contribution in [2.75, 3.05) is 17.2 Å². The summed E-state index contributed by atoms with van der Waals surface area (Å²) < 4.78 is 0. The number of rotatable bonds is 6. The maximum Gasteiger partial charge on any atom is 0.224 e. The molecule has 20 heavy (non-hydrogen) atoms. The Bertz CT molecular complexity index is 549. The van der Waals surface area contributed by atoms with E-state index in [9.17, 15) is 0 Å². The maximum absolute atomic E-state index is 4.51. The molecular weight excluding hydrogens is 248 g/mol. The van der Waals surface area contributed by atoms with Crippen LogP contribution in [0.3, 0.4) is 0 Å². The first kappa shape index (κ1) is 14.3. The van der Waals surface area contributed by atoms with Gasteiger partial charge in [0.2, 0.25) is 5.95 Å². The van der Waals surface area contributed by atoms with Crippen molar-refractivity contribution in [3.63, 3.8) is 0 Å². The summed E-state index contributed by atoms with van der Waals surface area (Å²) in [5.41, 5.74) is 3.58. The minimum Gasteiger partial charge on any atom is -0.366 e. The van der Waals surface area contributed by atoms with E-state index in [1.54, 1.807) is 0 Å². The van der Waals surface area contributed by atoms with Gasteiger partial charge in [-0.3, -0.25) is 0 Å². The van der Waals surface area contributed by atoms with E-state index in [2.05, 4.69) is 58.7 Å². The van der Waals surface area contributed by atoms with Crippen molar-refractivity contribution in [2.24, 2.45) is 0 Å². The summed E-state index contributed by atoms with van der Waals surface area (Å²) in [6, 6.07) is 8.51. The summed E-state index contributed by atoms with van der Waals surface area (Å²) in [4.78, 5) is 8.79. The summed E-state index contributed by atoms with van der Waals surface area (Å²) in [6.45, 7) is 7.89. The molecule has 2 rings (SSSR count). The molecule has 0 unspecified atom stereocenters. The normalized spacial score (nSPS) is 10.3. The number of hydrogen-bond acceptors (Lipinski definition) is 4. The summed E-state index contributed by atoms with van der Waals surface area (Å²) in [5, 5.41) is 6.58. The Balaban J connectivity index is 2.02. The van der Waals surface area contributed by atoms with Gasteiger partial charge in [0.05, 0.1) is 0 Å². The molecule has 0 radical (unpaired) electrons. The van der Waals surface area contributed by atoms with Crippen molar-refractivity contribution in [2.45, 2.75) is 33.7 Å². The van der Waals surface area contributed by atoms with Crippen LogP contribution in [0.15, 0.2) is 30.5 Å². The number of nitrogens with zero attached hydrogens (tertiary/aromatic N) is 2. The van der Waals surface area contributed by atoms with Gasteiger partial charge in [0, 0.05) is 24.8 Å². The van der Waals surface area contributed by atoms with E-state index in [1.165, 1.54) is 11.1 Å². The van der Waals surface area contributed by atoms with Crippen molar-refractivity contribution < 1.29 is 0 Å². The van der Waals surface area contributed by atoms with E-state index in [1.807, 2.05) is 13.1 Å². The fourth-order valence-electron chi connectivity index (χ4n) is 1.83. The maximum atomic E-state index is 4.51. The third-order valence-electron chi connectivity index (χ3n) is 3.09. The molecule has 1 aromatic carbocycles. The molecule has 2 N–H and O–H groups in total. The molecule has 0 saturated carbocycles. The molecule has 0 fully saturated rings. The highest BCUT2D eigenvalue weighted by molar-refractivity contribution is 5.46. The van der Waals surface area contributed by atoms with E-state index in [0.29, 0.717) is 5.95 Å². The predicted octanol–water partition coefficient (Wildman–Crippen LogP) is 3.53. The Morgan fingerprint density at radius 2 is 1.80 bits per heavy atom. The second-order valence-electron chi connectivity index (χ2n) is 4.99. The average Bonchev–Trinajstić information content (AvgIpc) is 2.46. The molecule has 0 amide bonds. The number of hydrogen-bond donors (Lipinski definition) is 2. The summed E-state index contributed by atoms with van der Waals surface area (Å²) in [7, 11) is 0. The molecule has 1 heterocycles. The molecule has 4 heteroatoms. The quantitative estimate of drug-likeness (QED) is 0.843. The third-order valence-corrected chi connectivity index (χ3v) is 3.09. The summed E-state index contributed by atoms with van der Waals surface area (Å²) >= 11 is 0. The number of aryl methyl sites for hydroxylation is 2. The molecule has 0 atom stereocenters. The van der Waals surface area contributed by atoms with Crippen molar-refractivity contribution in [3.05, 3.63) is 47.2 Å². The van der Waals surface area contributed by atoms with Crippen molar-refractivity contribution in [1.82, 2.24) is 9.97 Å². The molecule has 106 valence electrons. The summed E-state index contributed by atoms with van der Waals surface area (Å²) in [6.07, 6.45) is 2.91. The first-order valence-electron chi connectivity index (χ1n) is 7.06. The monoisotopic (exact) mass is 270 g/mol. The Morgan fingerprint density at radius 3 is 2.50 bits per heavy atom. The van der Waals surface area contributed by atoms with Crippen LogP contribution >= 0.6 is 0 Å². The highest BCUT2D eigenvalue weighted by Gasteiger charge is 2.03. The lowest BCUT2D eigenvalue weighted by atomic mass is 10.1. The number of benzene rings is 1. The zero-order valence-electron chi connectivity index (χ0n) is 12.4. The number of nitrogens with one attached hydrogen (secondary N) is 2. The van der Waals surface area contributed by atoms with Gasteiger partial charge < -0.3 is 10.6 Å². The topological polar surface area (TPSA) is 49.8 Å². The van der Waals surface area contributed by atoms with E-state index in [4.69, 9.17) is 0 Å². The van der Waals surface area contributed by atoms with Crippen molar-refractivity contribution in [1.29, 1.82) is 0 Å². The average molecular weight is 270 g/mol. The standard InChI is InChI=1S/C16H22N4/c1-4-9-17-16-19-10-13(3)15(20-16)18-11-14-7-5-12(2)6-8-14/h5-8,10H,4,9,11H2,1-3H3,(H2,17,18,19,20). The number of anilines is 2. The lowest BCUT2D eigenvalue weighted by Gasteiger charge is -2.11. The Hall–Kier alpha value is -2.10. The summed E-state index contributed by atoms with van der Waals surface area (Å²) in [5.74, 6) is 1.57. The van der Waals surface area contributed by atoms with Crippen LogP contribution in [0, 0.1) is 13.8 Å². The highest BCUT2D eigenvalue weighted by atomic mass is 15.1. The Morgan fingerprint density at radius 1 is 1.05 bits per heavy atom. The second kappa shape index (κ2) is 6.89. The van der Waals surface area contributed by atoms with Crippen LogP contribution in [0.25, 0.3) is 0 Å². The molecule has 1 aromatic heterocycles. The fraction of sp³-hybridized carbons (Fsp3) is 0.375. The first-order chi connectivity index (χ1) is 9.69. The largest absolute Gasteiger partial charge is 0.366 e. The zero-order chi connectivity index (χ0) is 14.4. The SMILES string of the molecule is CCCNc1ncc(C)c(NCc2ccc(C)cc2)n1. The van der Waals surface area contributed by atoms with E-state index in [0.717, 1.165) is 30.9 Å². The minimum absolute atomic E-state index is 0.684. The van der Waals surface area contributed by atoms with E-state index in [-0.39, 0.29) is 0 Å². The molecule has 0 aliphatic heterocycles. The van der Waals surface area contributed by atoms with Gasteiger partial charge in [-0.25, -0.2) is 4.98 Å². The van der Waals surface area contributed by atoms with Crippen LogP contribution in [-0.2, 0) is 6.54 Å². The van der Waals surface area contributed by atoms with Gasteiger partial charge in [-0.05, 0) is 25.8 Å². The van der Waals surface area contributed by atoms with Crippen LogP contribution in [0.4, 0.5) is 11.8 Å². The molecule has 0 spiro atoms. The lowest BCUT2D eigenvalue weighted by Crippen LogP contribution is -2.08. The van der Waals surface area contributed by atoms with Crippen LogP contribution in [0.5, 0.6) is 0 Å². The van der Waals surface area contributed by atoms with Gasteiger partial charge in [0.25, 0.3) is 0 Å². The predicted molar refractivity (Wildman–Crippen MR) is 84.1 cm³/mol. The van der Waals surface area contributed by atoms with Gasteiger partial charge in [-0.15, -0.1) is 0 Å². The third kappa shape index (κ3) is 3.95. The molecule has 0 aliphatic rings. The van der Waals surface area contributed by atoms with Gasteiger partial charge in [-0.2, -0.15) is 4.98 Å².